The van der Waals surface area contributed by atoms with Gasteiger partial charge in [-0.3, -0.25) is 4.79 Å². The first-order valence-electron chi connectivity index (χ1n) is 13.0. The lowest BCUT2D eigenvalue weighted by Crippen LogP contribution is -2.49. The molecule has 0 radical (unpaired) electrons. The number of fused-ring (bicyclic) bond motifs is 1. The molecule has 1 aliphatic rings. The third-order valence-electron chi connectivity index (χ3n) is 7.11. The van der Waals surface area contributed by atoms with Crippen LogP contribution >= 0.6 is 11.5 Å². The molecule has 0 spiro atoms. The lowest BCUT2D eigenvalue weighted by Gasteiger charge is -2.35. The van der Waals surface area contributed by atoms with Crippen LogP contribution in [0.5, 0.6) is 23.1 Å². The number of benzene rings is 2. The Labute approximate surface area is 231 Å². The van der Waals surface area contributed by atoms with E-state index in [9.17, 15) is 15.0 Å². The predicted molar refractivity (Wildman–Crippen MR) is 152 cm³/mol. The van der Waals surface area contributed by atoms with Crippen LogP contribution in [0.4, 0.5) is 5.82 Å². The Morgan fingerprint density at radius 2 is 1.67 bits per heavy atom. The summed E-state index contributed by atoms with van der Waals surface area (Å²) in [7, 11) is 3.07. The third-order valence-corrected chi connectivity index (χ3v) is 7.93. The molecule has 0 aliphatic carbocycles. The summed E-state index contributed by atoms with van der Waals surface area (Å²) >= 11 is 1.46. The van der Waals surface area contributed by atoms with E-state index in [1.165, 1.54) is 25.8 Å². The SMILES string of the molecule is CCCCc1nc(O)c(C(=O)N2CCN(c3nsc4ccccc34)CC2)c(O)c1-c1c(OC)cccc1OC. The number of piperazine rings is 1. The Morgan fingerprint density at radius 1 is 0.974 bits per heavy atom. The Bertz CT molecular complexity index is 1470. The van der Waals surface area contributed by atoms with E-state index >= 15 is 0 Å². The van der Waals surface area contributed by atoms with E-state index < -0.39 is 11.8 Å². The van der Waals surface area contributed by atoms with Crippen molar-refractivity contribution in [3.63, 3.8) is 0 Å². The minimum Gasteiger partial charge on any atom is -0.506 e. The van der Waals surface area contributed by atoms with Crippen LogP contribution in [0.3, 0.4) is 0 Å². The van der Waals surface area contributed by atoms with Crippen molar-refractivity contribution < 1.29 is 24.5 Å². The molecule has 2 aromatic heterocycles. The second-order valence-electron chi connectivity index (χ2n) is 9.40. The van der Waals surface area contributed by atoms with Crippen LogP contribution < -0.4 is 14.4 Å². The van der Waals surface area contributed by atoms with E-state index in [4.69, 9.17) is 9.47 Å². The number of amides is 1. The molecule has 39 heavy (non-hydrogen) atoms. The van der Waals surface area contributed by atoms with Crippen molar-refractivity contribution in [3.8, 4) is 34.3 Å². The monoisotopic (exact) mass is 548 g/mol. The number of carbonyl (C=O) groups is 1. The minimum atomic E-state index is -0.478. The van der Waals surface area contributed by atoms with Gasteiger partial charge in [0.15, 0.2) is 0 Å². The lowest BCUT2D eigenvalue weighted by atomic mass is 9.95. The van der Waals surface area contributed by atoms with Gasteiger partial charge in [0.25, 0.3) is 5.91 Å². The number of rotatable bonds is 8. The van der Waals surface area contributed by atoms with Crippen molar-refractivity contribution in [1.29, 1.82) is 0 Å². The maximum absolute atomic E-state index is 13.7. The van der Waals surface area contributed by atoms with Crippen molar-refractivity contribution in [2.24, 2.45) is 0 Å². The largest absolute Gasteiger partial charge is 0.506 e. The molecular weight excluding hydrogens is 516 g/mol. The van der Waals surface area contributed by atoms with Crippen molar-refractivity contribution >= 4 is 33.3 Å². The summed E-state index contributed by atoms with van der Waals surface area (Å²) in [6.07, 6.45) is 2.19. The Morgan fingerprint density at radius 3 is 2.33 bits per heavy atom. The topological polar surface area (TPSA) is 108 Å². The number of unbranched alkanes of at least 4 members (excludes halogenated alkanes) is 1. The number of pyridine rings is 1. The van der Waals surface area contributed by atoms with Crippen LogP contribution in [-0.4, -0.2) is 70.8 Å². The molecule has 2 N–H and O–H groups in total. The van der Waals surface area contributed by atoms with Gasteiger partial charge in [0.1, 0.15) is 28.6 Å². The van der Waals surface area contributed by atoms with Crippen LogP contribution in [0, 0.1) is 0 Å². The fraction of sp³-hybridized carbons (Fsp3) is 0.345. The third kappa shape index (κ3) is 4.92. The van der Waals surface area contributed by atoms with Crippen LogP contribution in [0.2, 0.25) is 0 Å². The van der Waals surface area contributed by atoms with Crippen molar-refractivity contribution in [3.05, 3.63) is 53.7 Å². The van der Waals surface area contributed by atoms with Crippen LogP contribution in [-0.2, 0) is 6.42 Å². The highest BCUT2D eigenvalue weighted by Crippen LogP contribution is 2.47. The first-order chi connectivity index (χ1) is 19.0. The van der Waals surface area contributed by atoms with E-state index in [-0.39, 0.29) is 11.3 Å². The Hall–Kier alpha value is -4.05. The number of carbonyl (C=O) groups excluding carboxylic acids is 1. The fourth-order valence-electron chi connectivity index (χ4n) is 5.07. The molecule has 0 saturated carbocycles. The van der Waals surface area contributed by atoms with Gasteiger partial charge in [-0.15, -0.1) is 0 Å². The van der Waals surface area contributed by atoms with Gasteiger partial charge >= 0.3 is 0 Å². The smallest absolute Gasteiger partial charge is 0.263 e. The molecule has 9 nitrogen and oxygen atoms in total. The average molecular weight is 549 g/mol. The standard InChI is InChI=1S/C29H32N4O5S/c1-4-5-10-19-23(24-20(37-2)11-8-12-21(24)38-3)26(34)25(28(35)30-19)29(36)33-16-14-32(15-17-33)27-18-9-6-7-13-22(18)39-31-27/h6-9,11-13H,4-5,10,14-17H2,1-3H3,(H2,30,34,35). The maximum Gasteiger partial charge on any atom is 0.263 e. The van der Waals surface area contributed by atoms with Crippen LogP contribution in [0.15, 0.2) is 42.5 Å². The minimum absolute atomic E-state index is 0.217. The normalized spacial score (nSPS) is 13.6. The molecule has 1 saturated heterocycles. The molecule has 4 aromatic rings. The molecular formula is C29H32N4O5S. The molecule has 2 aromatic carbocycles. The van der Waals surface area contributed by atoms with Crippen LogP contribution in [0.25, 0.3) is 21.2 Å². The molecule has 1 amide bonds. The predicted octanol–water partition coefficient (Wildman–Crippen LogP) is 5.09. The van der Waals surface area contributed by atoms with Gasteiger partial charge in [0.2, 0.25) is 5.88 Å². The summed E-state index contributed by atoms with van der Waals surface area (Å²) < 4.78 is 16.9. The van der Waals surface area contributed by atoms with E-state index in [2.05, 4.69) is 27.2 Å². The van der Waals surface area contributed by atoms with Gasteiger partial charge in [-0.1, -0.05) is 31.5 Å². The second-order valence-corrected chi connectivity index (χ2v) is 10.2. The highest BCUT2D eigenvalue weighted by Gasteiger charge is 2.32. The molecule has 3 heterocycles. The number of aromatic nitrogens is 2. The number of aromatic hydroxyl groups is 2. The molecule has 10 heteroatoms. The van der Waals surface area contributed by atoms with E-state index in [0.717, 1.165) is 28.7 Å². The number of nitrogens with zero attached hydrogens (tertiary/aromatic N) is 4. The van der Waals surface area contributed by atoms with Gasteiger partial charge in [-0.05, 0) is 48.6 Å². The second kappa shape index (κ2) is 11.4. The zero-order chi connectivity index (χ0) is 27.5. The van der Waals surface area contributed by atoms with Gasteiger partial charge in [0.05, 0.1) is 35.7 Å². The van der Waals surface area contributed by atoms with Gasteiger partial charge < -0.3 is 29.5 Å². The number of hydrogen-bond donors (Lipinski definition) is 2. The van der Waals surface area contributed by atoms with Crippen molar-refractivity contribution in [2.75, 3.05) is 45.3 Å². The number of hydrogen-bond acceptors (Lipinski definition) is 9. The molecule has 204 valence electrons. The molecule has 1 aliphatic heterocycles. The van der Waals surface area contributed by atoms with Crippen molar-refractivity contribution in [2.45, 2.75) is 26.2 Å². The van der Waals surface area contributed by atoms with Crippen molar-refractivity contribution in [1.82, 2.24) is 14.3 Å². The summed E-state index contributed by atoms with van der Waals surface area (Å²) in [5.41, 5.74) is 1.09. The summed E-state index contributed by atoms with van der Waals surface area (Å²) in [4.78, 5) is 22.0. The van der Waals surface area contributed by atoms with E-state index in [1.54, 1.807) is 23.1 Å². The number of ether oxygens (including phenoxy) is 2. The Balaban J connectivity index is 1.49. The van der Waals surface area contributed by atoms with E-state index in [0.29, 0.717) is 60.9 Å². The van der Waals surface area contributed by atoms with Crippen LogP contribution in [0.1, 0.15) is 35.8 Å². The maximum atomic E-state index is 13.7. The molecule has 1 fully saturated rings. The van der Waals surface area contributed by atoms with E-state index in [1.807, 2.05) is 18.2 Å². The number of aryl methyl sites for hydroxylation is 1. The molecule has 0 unspecified atom stereocenters. The van der Waals surface area contributed by atoms with Gasteiger partial charge in [0, 0.05) is 31.6 Å². The number of methoxy groups -OCH3 is 2. The summed E-state index contributed by atoms with van der Waals surface area (Å²) in [5, 5.41) is 23.6. The summed E-state index contributed by atoms with van der Waals surface area (Å²) in [5.74, 6) is 0.580. The highest BCUT2D eigenvalue weighted by atomic mass is 32.1. The first kappa shape index (κ1) is 26.6. The Kier molecular flexibility index (Phi) is 7.74. The molecule has 5 rings (SSSR count). The van der Waals surface area contributed by atoms with Gasteiger partial charge in [-0.25, -0.2) is 4.98 Å². The number of anilines is 1. The summed E-state index contributed by atoms with van der Waals surface area (Å²) in [6.45, 7) is 4.03. The molecule has 0 atom stereocenters. The lowest BCUT2D eigenvalue weighted by molar-refractivity contribution is 0.0739. The first-order valence-corrected chi connectivity index (χ1v) is 13.8. The summed E-state index contributed by atoms with van der Waals surface area (Å²) in [6, 6.07) is 13.4. The van der Waals surface area contributed by atoms with Gasteiger partial charge in [-0.2, -0.15) is 4.37 Å². The highest BCUT2D eigenvalue weighted by molar-refractivity contribution is 7.13. The molecule has 0 bridgehead atoms. The zero-order valence-electron chi connectivity index (χ0n) is 22.3. The zero-order valence-corrected chi connectivity index (χ0v) is 23.1. The fourth-order valence-corrected chi connectivity index (χ4v) is 5.87. The quantitative estimate of drug-likeness (QED) is 0.313. The average Bonchev–Trinajstić information content (AvgIpc) is 3.40.